The minimum atomic E-state index is 0.576. The van der Waals surface area contributed by atoms with E-state index in [2.05, 4.69) is 78.0 Å². The van der Waals surface area contributed by atoms with E-state index in [-0.39, 0.29) is 0 Å². The third-order valence-electron chi connectivity index (χ3n) is 5.54. The zero-order valence-electron chi connectivity index (χ0n) is 16.4. The van der Waals surface area contributed by atoms with Gasteiger partial charge in [-0.15, -0.1) is 0 Å². The van der Waals surface area contributed by atoms with Crippen molar-refractivity contribution in [1.29, 1.82) is 5.26 Å². The molecule has 0 aromatic heterocycles. The maximum atomic E-state index is 9.58. The highest BCUT2D eigenvalue weighted by molar-refractivity contribution is 14.1. The molecule has 0 amide bonds. The molecule has 4 rings (SSSR count). The fraction of sp³-hybridized carbons (Fsp3) is 0.240. The van der Waals surface area contributed by atoms with Crippen molar-refractivity contribution >= 4 is 22.6 Å². The minimum Gasteiger partial charge on any atom is -0.492 e. The maximum Gasteiger partial charge on any atom is 0.141 e. The van der Waals surface area contributed by atoms with Gasteiger partial charge in [0.1, 0.15) is 11.8 Å². The number of nitriles is 1. The number of nitrogens with zero attached hydrogens (tertiary/aromatic N) is 1. The molecule has 0 aliphatic heterocycles. The van der Waals surface area contributed by atoms with Gasteiger partial charge in [0.05, 0.1) is 15.7 Å². The van der Waals surface area contributed by atoms with Crippen molar-refractivity contribution in [2.75, 3.05) is 6.61 Å². The lowest BCUT2D eigenvalue weighted by Gasteiger charge is -2.19. The van der Waals surface area contributed by atoms with Crippen molar-refractivity contribution in [3.63, 3.8) is 0 Å². The van der Waals surface area contributed by atoms with Crippen LogP contribution in [-0.2, 0) is 12.8 Å². The maximum absolute atomic E-state index is 9.58. The summed E-state index contributed by atoms with van der Waals surface area (Å²) in [6.45, 7) is 6.80. The molecule has 0 heterocycles. The van der Waals surface area contributed by atoms with Crippen molar-refractivity contribution in [2.45, 2.75) is 33.6 Å². The number of rotatable bonds is 4. The number of benzene rings is 3. The predicted molar refractivity (Wildman–Crippen MR) is 123 cm³/mol. The molecule has 0 atom stereocenters. The molecule has 140 valence electrons. The second-order valence-corrected chi connectivity index (χ2v) is 8.20. The SMILES string of the molecule is CCOc1c(-c2ccc(CC)c3c2Cc2ccccc2-3)cc(C)c(C#N)c1I. The molecule has 3 heteroatoms. The molecular weight excluding hydrogens is 457 g/mol. The lowest BCUT2D eigenvalue weighted by Crippen LogP contribution is -2.02. The Morgan fingerprint density at radius 1 is 1.07 bits per heavy atom. The second-order valence-electron chi connectivity index (χ2n) is 7.12. The molecule has 0 saturated carbocycles. The molecule has 0 N–H and O–H groups in total. The lowest BCUT2D eigenvalue weighted by atomic mass is 9.89. The van der Waals surface area contributed by atoms with Crippen LogP contribution >= 0.6 is 22.6 Å². The van der Waals surface area contributed by atoms with Crippen LogP contribution in [0.1, 0.15) is 41.7 Å². The predicted octanol–water partition coefficient (Wildman–Crippen LogP) is 6.67. The summed E-state index contributed by atoms with van der Waals surface area (Å²) < 4.78 is 6.96. The van der Waals surface area contributed by atoms with Gasteiger partial charge in [0.15, 0.2) is 0 Å². The summed E-state index contributed by atoms with van der Waals surface area (Å²) in [5, 5.41) is 9.58. The Morgan fingerprint density at radius 3 is 2.57 bits per heavy atom. The van der Waals surface area contributed by atoms with Crippen LogP contribution in [0.4, 0.5) is 0 Å². The summed E-state index contributed by atoms with van der Waals surface area (Å²) >= 11 is 2.26. The van der Waals surface area contributed by atoms with Crippen LogP contribution in [0, 0.1) is 21.8 Å². The molecule has 0 spiro atoms. The van der Waals surface area contributed by atoms with Gasteiger partial charge in [-0.1, -0.05) is 43.3 Å². The average molecular weight is 479 g/mol. The highest BCUT2D eigenvalue weighted by Gasteiger charge is 2.26. The van der Waals surface area contributed by atoms with Gasteiger partial charge in [-0.05, 0) is 94.3 Å². The lowest BCUT2D eigenvalue weighted by molar-refractivity contribution is 0.339. The van der Waals surface area contributed by atoms with Crippen molar-refractivity contribution in [3.8, 4) is 34.1 Å². The summed E-state index contributed by atoms with van der Waals surface area (Å²) in [6, 6.07) is 17.7. The number of hydrogen-bond acceptors (Lipinski definition) is 2. The van der Waals surface area contributed by atoms with Gasteiger partial charge in [0.2, 0.25) is 0 Å². The van der Waals surface area contributed by atoms with E-state index in [0.29, 0.717) is 12.2 Å². The Balaban J connectivity index is 2.02. The summed E-state index contributed by atoms with van der Waals surface area (Å²) in [7, 11) is 0. The van der Waals surface area contributed by atoms with E-state index in [1.807, 2.05) is 13.8 Å². The van der Waals surface area contributed by atoms with Gasteiger partial charge < -0.3 is 4.74 Å². The minimum absolute atomic E-state index is 0.576. The Bertz CT molecular complexity index is 1120. The van der Waals surface area contributed by atoms with Crippen LogP contribution in [0.2, 0.25) is 0 Å². The molecule has 1 aliphatic rings. The monoisotopic (exact) mass is 479 g/mol. The van der Waals surface area contributed by atoms with Crippen molar-refractivity contribution in [2.24, 2.45) is 0 Å². The largest absolute Gasteiger partial charge is 0.492 e. The van der Waals surface area contributed by atoms with Crippen molar-refractivity contribution in [1.82, 2.24) is 0 Å². The Labute approximate surface area is 180 Å². The Morgan fingerprint density at radius 2 is 1.86 bits per heavy atom. The zero-order valence-corrected chi connectivity index (χ0v) is 18.6. The molecule has 3 aromatic rings. The molecule has 1 aliphatic carbocycles. The molecular formula is C25H22INO. The molecule has 0 fully saturated rings. The van der Waals surface area contributed by atoms with E-state index in [4.69, 9.17) is 4.74 Å². The smallest absolute Gasteiger partial charge is 0.141 e. The highest BCUT2D eigenvalue weighted by atomic mass is 127. The van der Waals surface area contributed by atoms with E-state index < -0.39 is 0 Å². The number of hydrogen-bond donors (Lipinski definition) is 0. The third kappa shape index (κ3) is 2.91. The number of ether oxygens (including phenoxy) is 1. The summed E-state index contributed by atoms with van der Waals surface area (Å²) in [5.74, 6) is 0.827. The molecule has 2 nitrogen and oxygen atoms in total. The number of aryl methyl sites for hydroxylation is 2. The highest BCUT2D eigenvalue weighted by Crippen LogP contribution is 2.47. The van der Waals surface area contributed by atoms with E-state index in [1.165, 1.54) is 33.4 Å². The van der Waals surface area contributed by atoms with Crippen LogP contribution in [0.15, 0.2) is 42.5 Å². The van der Waals surface area contributed by atoms with Crippen molar-refractivity contribution in [3.05, 3.63) is 73.9 Å². The van der Waals surface area contributed by atoms with Gasteiger partial charge in [-0.2, -0.15) is 5.26 Å². The molecule has 28 heavy (non-hydrogen) atoms. The zero-order chi connectivity index (χ0) is 19.8. The van der Waals surface area contributed by atoms with Gasteiger partial charge in [0, 0.05) is 5.56 Å². The molecule has 0 radical (unpaired) electrons. The summed E-state index contributed by atoms with van der Waals surface area (Å²) in [4.78, 5) is 0. The normalized spacial score (nSPS) is 11.7. The Hall–Kier alpha value is -2.32. The van der Waals surface area contributed by atoms with E-state index >= 15 is 0 Å². The number of halogens is 1. The number of fused-ring (bicyclic) bond motifs is 3. The van der Waals surface area contributed by atoms with Crippen LogP contribution < -0.4 is 4.74 Å². The first-order valence-corrected chi connectivity index (χ1v) is 10.8. The second kappa shape index (κ2) is 7.60. The van der Waals surface area contributed by atoms with Gasteiger partial charge in [-0.25, -0.2) is 0 Å². The summed E-state index contributed by atoms with van der Waals surface area (Å²) in [6.07, 6.45) is 1.95. The van der Waals surface area contributed by atoms with Gasteiger partial charge >= 0.3 is 0 Å². The molecule has 0 saturated heterocycles. The van der Waals surface area contributed by atoms with Crippen LogP contribution in [0.3, 0.4) is 0 Å². The van der Waals surface area contributed by atoms with Gasteiger partial charge in [0.25, 0.3) is 0 Å². The molecule has 0 unspecified atom stereocenters. The van der Waals surface area contributed by atoms with Crippen molar-refractivity contribution < 1.29 is 4.74 Å². The Kier molecular flexibility index (Phi) is 5.16. The van der Waals surface area contributed by atoms with Crippen LogP contribution in [-0.4, -0.2) is 6.61 Å². The molecule has 3 aromatic carbocycles. The average Bonchev–Trinajstić information content (AvgIpc) is 3.09. The van der Waals surface area contributed by atoms with E-state index in [1.54, 1.807) is 0 Å². The first-order chi connectivity index (χ1) is 13.6. The van der Waals surface area contributed by atoms with Crippen LogP contribution in [0.25, 0.3) is 22.3 Å². The fourth-order valence-corrected chi connectivity index (χ4v) is 5.25. The standard InChI is InChI=1S/C25H22INO/c1-4-16-10-11-19(20-13-17-8-6-7-9-18(17)23(16)20)21-12-15(3)22(14-27)24(26)25(21)28-5-2/h6-12H,4-5,13H2,1-3H3. The fourth-order valence-electron chi connectivity index (χ4n) is 4.25. The first kappa shape index (κ1) is 19.0. The third-order valence-corrected chi connectivity index (χ3v) is 6.57. The quantitative estimate of drug-likeness (QED) is 0.306. The topological polar surface area (TPSA) is 33.0 Å². The van der Waals surface area contributed by atoms with E-state index in [0.717, 1.165) is 33.3 Å². The summed E-state index contributed by atoms with van der Waals surface area (Å²) in [5.41, 5.74) is 10.9. The molecule has 0 bridgehead atoms. The van der Waals surface area contributed by atoms with Gasteiger partial charge in [-0.3, -0.25) is 0 Å². The van der Waals surface area contributed by atoms with E-state index in [9.17, 15) is 5.26 Å². The first-order valence-electron chi connectivity index (χ1n) is 9.70. The van der Waals surface area contributed by atoms with Crippen LogP contribution in [0.5, 0.6) is 5.75 Å².